The van der Waals surface area contributed by atoms with Gasteiger partial charge in [0.2, 0.25) is 0 Å². The van der Waals surface area contributed by atoms with Gasteiger partial charge in [0.1, 0.15) is 0 Å². The van der Waals surface area contributed by atoms with Crippen molar-refractivity contribution >= 4 is 32.7 Å². The van der Waals surface area contributed by atoms with Crippen LogP contribution >= 0.6 is 11.3 Å². The van der Waals surface area contributed by atoms with Crippen LogP contribution in [0.25, 0.3) is 10.2 Å². The van der Waals surface area contributed by atoms with Gasteiger partial charge in [-0.25, -0.2) is 4.98 Å². The van der Waals surface area contributed by atoms with E-state index in [0.29, 0.717) is 23.0 Å². The number of nitrogens with zero attached hydrogens (tertiary/aromatic N) is 1. The van der Waals surface area contributed by atoms with E-state index in [-0.39, 0.29) is 17.9 Å². The molecule has 0 atom stereocenters. The number of hydrogen-bond donors (Lipinski definition) is 1. The standard InChI is InChI=1S/C13H13F3N2O2S/c1-2-20-11(19)5-6-17-12-18-9-7-8(13(14,15)16)3-4-10(9)21-12/h3-4,7H,2,5-6H2,1H3,(H,17,18). The highest BCUT2D eigenvalue weighted by Crippen LogP contribution is 2.33. The van der Waals surface area contributed by atoms with E-state index in [1.165, 1.54) is 17.4 Å². The molecule has 0 aliphatic rings. The van der Waals surface area contributed by atoms with Crippen molar-refractivity contribution < 1.29 is 22.7 Å². The van der Waals surface area contributed by atoms with Gasteiger partial charge < -0.3 is 10.1 Å². The van der Waals surface area contributed by atoms with Gasteiger partial charge in [0.15, 0.2) is 5.13 Å². The lowest BCUT2D eigenvalue weighted by molar-refractivity contribution is -0.142. The minimum atomic E-state index is -4.38. The predicted octanol–water partition coefficient (Wildman–Crippen LogP) is 3.68. The van der Waals surface area contributed by atoms with Gasteiger partial charge in [-0.2, -0.15) is 13.2 Å². The Kier molecular flexibility index (Phi) is 4.66. The van der Waals surface area contributed by atoms with E-state index in [1.54, 1.807) is 6.92 Å². The summed E-state index contributed by atoms with van der Waals surface area (Å²) in [5.41, 5.74) is -0.438. The Morgan fingerprint density at radius 2 is 2.19 bits per heavy atom. The Hall–Kier alpha value is -1.83. The molecular formula is C13H13F3N2O2S. The minimum Gasteiger partial charge on any atom is -0.466 e. The Bertz CT molecular complexity index is 640. The Morgan fingerprint density at radius 1 is 1.43 bits per heavy atom. The molecule has 2 aromatic rings. The molecular weight excluding hydrogens is 305 g/mol. The second kappa shape index (κ2) is 6.30. The monoisotopic (exact) mass is 318 g/mol. The van der Waals surface area contributed by atoms with E-state index in [1.807, 2.05) is 0 Å². The summed E-state index contributed by atoms with van der Waals surface area (Å²) in [7, 11) is 0. The third-order valence-corrected chi connectivity index (χ3v) is 3.62. The summed E-state index contributed by atoms with van der Waals surface area (Å²) in [6.45, 7) is 2.36. The molecule has 21 heavy (non-hydrogen) atoms. The van der Waals surface area contributed by atoms with E-state index < -0.39 is 11.7 Å². The number of fused-ring (bicyclic) bond motifs is 1. The molecule has 0 amide bonds. The van der Waals surface area contributed by atoms with E-state index in [0.717, 1.165) is 12.1 Å². The maximum Gasteiger partial charge on any atom is 0.416 e. The van der Waals surface area contributed by atoms with Crippen molar-refractivity contribution in [1.29, 1.82) is 0 Å². The number of benzene rings is 1. The van der Waals surface area contributed by atoms with Gasteiger partial charge in [-0.15, -0.1) is 0 Å². The number of carbonyl (C=O) groups is 1. The number of alkyl halides is 3. The summed E-state index contributed by atoms with van der Waals surface area (Å²) in [5, 5.41) is 3.39. The molecule has 0 saturated heterocycles. The van der Waals surface area contributed by atoms with E-state index in [2.05, 4.69) is 10.3 Å². The molecule has 0 fully saturated rings. The maximum absolute atomic E-state index is 12.6. The van der Waals surface area contributed by atoms with Gasteiger partial charge in [0.25, 0.3) is 0 Å². The fourth-order valence-electron chi connectivity index (χ4n) is 1.68. The predicted molar refractivity (Wildman–Crippen MR) is 74.4 cm³/mol. The molecule has 114 valence electrons. The number of halogens is 3. The topological polar surface area (TPSA) is 51.2 Å². The molecule has 0 aliphatic heterocycles. The molecule has 0 spiro atoms. The summed E-state index contributed by atoms with van der Waals surface area (Å²) in [6, 6.07) is 3.44. The Morgan fingerprint density at radius 3 is 2.86 bits per heavy atom. The van der Waals surface area contributed by atoms with Crippen LogP contribution in [0.4, 0.5) is 18.3 Å². The second-order valence-corrected chi connectivity index (χ2v) is 5.21. The molecule has 2 rings (SSSR count). The average molecular weight is 318 g/mol. The fourth-order valence-corrected chi connectivity index (χ4v) is 2.56. The lowest BCUT2D eigenvalue weighted by atomic mass is 10.2. The maximum atomic E-state index is 12.6. The lowest BCUT2D eigenvalue weighted by Crippen LogP contribution is -2.11. The molecule has 0 bridgehead atoms. The smallest absolute Gasteiger partial charge is 0.416 e. The van der Waals surface area contributed by atoms with Crippen LogP contribution in [0.5, 0.6) is 0 Å². The van der Waals surface area contributed by atoms with Gasteiger partial charge in [-0.3, -0.25) is 4.79 Å². The number of hydrogen-bond acceptors (Lipinski definition) is 5. The van der Waals surface area contributed by atoms with Gasteiger partial charge in [0, 0.05) is 6.54 Å². The zero-order valence-electron chi connectivity index (χ0n) is 11.2. The molecule has 1 aromatic carbocycles. The van der Waals surface area contributed by atoms with Crippen molar-refractivity contribution in [2.75, 3.05) is 18.5 Å². The van der Waals surface area contributed by atoms with E-state index >= 15 is 0 Å². The van der Waals surface area contributed by atoms with E-state index in [9.17, 15) is 18.0 Å². The van der Waals surface area contributed by atoms with Crippen molar-refractivity contribution in [2.45, 2.75) is 19.5 Å². The van der Waals surface area contributed by atoms with Gasteiger partial charge in [0.05, 0.1) is 28.8 Å². The van der Waals surface area contributed by atoms with Crippen molar-refractivity contribution in [3.05, 3.63) is 23.8 Å². The van der Waals surface area contributed by atoms with Crippen molar-refractivity contribution in [3.63, 3.8) is 0 Å². The highest BCUT2D eigenvalue weighted by molar-refractivity contribution is 7.22. The molecule has 0 radical (unpaired) electrons. The molecule has 0 aliphatic carbocycles. The second-order valence-electron chi connectivity index (χ2n) is 4.18. The lowest BCUT2D eigenvalue weighted by Gasteiger charge is -2.04. The van der Waals surface area contributed by atoms with Crippen LogP contribution in [0.3, 0.4) is 0 Å². The first kappa shape index (κ1) is 15.6. The van der Waals surface area contributed by atoms with Crippen molar-refractivity contribution in [2.24, 2.45) is 0 Å². The minimum absolute atomic E-state index is 0.178. The molecule has 1 N–H and O–H groups in total. The molecule has 0 saturated carbocycles. The van der Waals surface area contributed by atoms with Gasteiger partial charge >= 0.3 is 12.1 Å². The first-order chi connectivity index (χ1) is 9.90. The Balaban J connectivity index is 2.04. The summed E-state index contributed by atoms with van der Waals surface area (Å²) in [5.74, 6) is -0.328. The summed E-state index contributed by atoms with van der Waals surface area (Å²) in [4.78, 5) is 15.2. The third-order valence-electron chi connectivity index (χ3n) is 2.63. The van der Waals surface area contributed by atoms with Crippen LogP contribution in [-0.4, -0.2) is 24.1 Å². The van der Waals surface area contributed by atoms with Crippen LogP contribution in [-0.2, 0) is 15.7 Å². The average Bonchev–Trinajstić information content (AvgIpc) is 2.79. The highest BCUT2D eigenvalue weighted by atomic mass is 32.1. The molecule has 1 heterocycles. The van der Waals surface area contributed by atoms with Crippen LogP contribution in [0, 0.1) is 0 Å². The number of esters is 1. The number of carbonyl (C=O) groups excluding carboxylic acids is 1. The first-order valence-corrected chi connectivity index (χ1v) is 7.09. The quantitative estimate of drug-likeness (QED) is 0.855. The number of thiazole rings is 1. The van der Waals surface area contributed by atoms with Crippen LogP contribution in [0.2, 0.25) is 0 Å². The van der Waals surface area contributed by atoms with Gasteiger partial charge in [-0.1, -0.05) is 11.3 Å². The van der Waals surface area contributed by atoms with Gasteiger partial charge in [-0.05, 0) is 25.1 Å². The summed E-state index contributed by atoms with van der Waals surface area (Å²) >= 11 is 1.24. The highest BCUT2D eigenvalue weighted by Gasteiger charge is 2.30. The Labute approximate surface area is 122 Å². The van der Waals surface area contributed by atoms with Crippen LogP contribution < -0.4 is 5.32 Å². The SMILES string of the molecule is CCOC(=O)CCNc1nc2cc(C(F)(F)F)ccc2s1. The zero-order chi connectivity index (χ0) is 15.5. The van der Waals surface area contributed by atoms with Crippen LogP contribution in [0.15, 0.2) is 18.2 Å². The number of ether oxygens (including phenoxy) is 1. The summed E-state index contributed by atoms with van der Waals surface area (Å²) in [6.07, 6.45) is -4.20. The summed E-state index contributed by atoms with van der Waals surface area (Å²) < 4.78 is 43.2. The molecule has 8 heteroatoms. The van der Waals surface area contributed by atoms with Crippen LogP contribution in [0.1, 0.15) is 18.9 Å². The normalized spacial score (nSPS) is 11.6. The largest absolute Gasteiger partial charge is 0.466 e. The van der Waals surface area contributed by atoms with Crippen molar-refractivity contribution in [1.82, 2.24) is 4.98 Å². The zero-order valence-corrected chi connectivity index (χ0v) is 12.0. The fraction of sp³-hybridized carbons (Fsp3) is 0.385. The number of nitrogens with one attached hydrogen (secondary N) is 1. The first-order valence-electron chi connectivity index (χ1n) is 6.27. The number of aromatic nitrogens is 1. The molecule has 1 aromatic heterocycles. The third kappa shape index (κ3) is 4.07. The molecule has 0 unspecified atom stereocenters. The number of anilines is 1. The van der Waals surface area contributed by atoms with E-state index in [4.69, 9.17) is 4.74 Å². The number of rotatable bonds is 5. The molecule has 4 nitrogen and oxygen atoms in total. The van der Waals surface area contributed by atoms with Crippen molar-refractivity contribution in [3.8, 4) is 0 Å².